The summed E-state index contributed by atoms with van der Waals surface area (Å²) in [6, 6.07) is 7.87. The van der Waals surface area contributed by atoms with Crippen LogP contribution in [0.15, 0.2) is 28.8 Å². The Labute approximate surface area is 106 Å². The van der Waals surface area contributed by atoms with Gasteiger partial charge in [-0.3, -0.25) is 0 Å². The van der Waals surface area contributed by atoms with Crippen LogP contribution >= 0.6 is 0 Å². The zero-order valence-corrected chi connectivity index (χ0v) is 10.6. The highest BCUT2D eigenvalue weighted by Gasteiger charge is 2.14. The summed E-state index contributed by atoms with van der Waals surface area (Å²) >= 11 is 0. The van der Waals surface area contributed by atoms with E-state index in [0.29, 0.717) is 24.7 Å². The molecule has 2 aromatic rings. The van der Waals surface area contributed by atoms with E-state index in [1.54, 1.807) is 7.11 Å². The van der Waals surface area contributed by atoms with E-state index in [-0.39, 0.29) is 6.04 Å². The third-order valence-electron chi connectivity index (χ3n) is 2.63. The molecule has 2 rings (SSSR count). The molecule has 5 nitrogen and oxygen atoms in total. The van der Waals surface area contributed by atoms with Gasteiger partial charge in [-0.1, -0.05) is 35.0 Å². The van der Waals surface area contributed by atoms with E-state index in [9.17, 15) is 0 Å². The molecule has 0 saturated carbocycles. The molecule has 5 heteroatoms. The Bertz CT molecular complexity index is 493. The van der Waals surface area contributed by atoms with Crippen molar-refractivity contribution in [3.63, 3.8) is 0 Å². The van der Waals surface area contributed by atoms with Crippen LogP contribution in [-0.2, 0) is 11.2 Å². The van der Waals surface area contributed by atoms with Crippen molar-refractivity contribution in [1.82, 2.24) is 10.1 Å². The number of rotatable bonds is 5. The Hall–Kier alpha value is -1.72. The van der Waals surface area contributed by atoms with E-state index in [1.165, 1.54) is 5.56 Å². The van der Waals surface area contributed by atoms with Crippen LogP contribution in [0.4, 0.5) is 0 Å². The number of aromatic nitrogens is 2. The number of nitrogens with zero attached hydrogens (tertiary/aromatic N) is 2. The lowest BCUT2D eigenvalue weighted by molar-refractivity contribution is 0.166. The second kappa shape index (κ2) is 5.75. The highest BCUT2D eigenvalue weighted by atomic mass is 16.5. The van der Waals surface area contributed by atoms with Gasteiger partial charge in [0.2, 0.25) is 5.89 Å². The highest BCUT2D eigenvalue weighted by molar-refractivity contribution is 5.23. The molecule has 0 spiro atoms. The lowest BCUT2D eigenvalue weighted by Gasteiger charge is -2.02. The number of nitrogens with two attached hydrogens (primary N) is 1. The largest absolute Gasteiger partial charge is 0.383 e. The molecule has 0 aliphatic heterocycles. The summed E-state index contributed by atoms with van der Waals surface area (Å²) in [7, 11) is 1.59. The SMILES string of the molecule is COCC(N)c1nc(Cc2ccc(C)cc2)no1. The first-order chi connectivity index (χ1) is 8.69. The number of hydrogen-bond donors (Lipinski definition) is 1. The normalized spacial score (nSPS) is 12.6. The van der Waals surface area contributed by atoms with Crippen LogP contribution in [0, 0.1) is 6.92 Å². The first-order valence-electron chi connectivity index (χ1n) is 5.81. The summed E-state index contributed by atoms with van der Waals surface area (Å²) < 4.78 is 10.1. The van der Waals surface area contributed by atoms with Crippen molar-refractivity contribution in [2.24, 2.45) is 5.73 Å². The van der Waals surface area contributed by atoms with Gasteiger partial charge in [0.1, 0.15) is 6.04 Å². The van der Waals surface area contributed by atoms with Gasteiger partial charge < -0.3 is 15.0 Å². The van der Waals surface area contributed by atoms with Crippen molar-refractivity contribution in [1.29, 1.82) is 0 Å². The average Bonchev–Trinajstić information content (AvgIpc) is 2.81. The van der Waals surface area contributed by atoms with E-state index in [4.69, 9.17) is 15.0 Å². The molecule has 0 amide bonds. The molecule has 1 aromatic carbocycles. The Morgan fingerprint density at radius 1 is 1.33 bits per heavy atom. The molecular formula is C13H17N3O2. The second-order valence-electron chi connectivity index (χ2n) is 4.27. The zero-order valence-electron chi connectivity index (χ0n) is 10.6. The quantitative estimate of drug-likeness (QED) is 0.869. The smallest absolute Gasteiger partial charge is 0.245 e. The number of hydrogen-bond acceptors (Lipinski definition) is 5. The third-order valence-corrected chi connectivity index (χ3v) is 2.63. The molecule has 0 fully saturated rings. The van der Waals surface area contributed by atoms with Crippen LogP contribution < -0.4 is 5.73 Å². The monoisotopic (exact) mass is 247 g/mol. The van der Waals surface area contributed by atoms with Crippen molar-refractivity contribution in [2.45, 2.75) is 19.4 Å². The molecule has 0 radical (unpaired) electrons. The van der Waals surface area contributed by atoms with Crippen molar-refractivity contribution in [3.8, 4) is 0 Å². The van der Waals surface area contributed by atoms with E-state index < -0.39 is 0 Å². The van der Waals surface area contributed by atoms with Gasteiger partial charge in [0.05, 0.1) is 6.61 Å². The van der Waals surface area contributed by atoms with Crippen molar-refractivity contribution in [3.05, 3.63) is 47.1 Å². The Morgan fingerprint density at radius 3 is 2.72 bits per heavy atom. The van der Waals surface area contributed by atoms with Crippen molar-refractivity contribution < 1.29 is 9.26 Å². The summed E-state index contributed by atoms with van der Waals surface area (Å²) in [5.41, 5.74) is 8.19. The minimum Gasteiger partial charge on any atom is -0.383 e. The van der Waals surface area contributed by atoms with E-state index in [1.807, 2.05) is 0 Å². The first-order valence-corrected chi connectivity index (χ1v) is 5.81. The van der Waals surface area contributed by atoms with E-state index >= 15 is 0 Å². The molecule has 1 atom stereocenters. The summed E-state index contributed by atoms with van der Waals surface area (Å²) in [6.45, 7) is 2.42. The third kappa shape index (κ3) is 3.15. The van der Waals surface area contributed by atoms with Gasteiger partial charge in [-0.15, -0.1) is 0 Å². The Kier molecular flexibility index (Phi) is 4.07. The lowest BCUT2D eigenvalue weighted by atomic mass is 10.1. The van der Waals surface area contributed by atoms with Crippen LogP contribution in [-0.4, -0.2) is 23.9 Å². The summed E-state index contributed by atoms with van der Waals surface area (Å²) in [6.07, 6.45) is 0.642. The van der Waals surface area contributed by atoms with Crippen LogP contribution in [0.5, 0.6) is 0 Å². The van der Waals surface area contributed by atoms with Crippen LogP contribution in [0.3, 0.4) is 0 Å². The molecule has 1 aromatic heterocycles. The second-order valence-corrected chi connectivity index (χ2v) is 4.27. The zero-order chi connectivity index (χ0) is 13.0. The predicted octanol–water partition coefficient (Wildman–Crippen LogP) is 1.62. The van der Waals surface area contributed by atoms with Gasteiger partial charge in [-0.2, -0.15) is 4.98 Å². The van der Waals surface area contributed by atoms with Crippen molar-refractivity contribution >= 4 is 0 Å². The molecule has 96 valence electrons. The molecule has 18 heavy (non-hydrogen) atoms. The number of methoxy groups -OCH3 is 1. The number of ether oxygens (including phenoxy) is 1. The number of aryl methyl sites for hydroxylation is 1. The van der Waals surface area contributed by atoms with Crippen molar-refractivity contribution in [2.75, 3.05) is 13.7 Å². The standard InChI is InChI=1S/C13H17N3O2/c1-9-3-5-10(6-4-9)7-12-15-13(18-16-12)11(14)8-17-2/h3-6,11H,7-8,14H2,1-2H3. The summed E-state index contributed by atoms with van der Waals surface area (Å²) in [5.74, 6) is 1.05. The van der Waals surface area contributed by atoms with Crippen LogP contribution in [0.2, 0.25) is 0 Å². The molecule has 0 aliphatic rings. The lowest BCUT2D eigenvalue weighted by Crippen LogP contribution is -2.16. The molecule has 2 N–H and O–H groups in total. The maximum atomic E-state index is 5.81. The first kappa shape index (κ1) is 12.7. The molecule has 1 heterocycles. The van der Waals surface area contributed by atoms with Gasteiger partial charge in [0.25, 0.3) is 0 Å². The van der Waals surface area contributed by atoms with Gasteiger partial charge >= 0.3 is 0 Å². The maximum Gasteiger partial charge on any atom is 0.245 e. The molecular weight excluding hydrogens is 230 g/mol. The van der Waals surface area contributed by atoms with Crippen LogP contribution in [0.25, 0.3) is 0 Å². The Morgan fingerprint density at radius 2 is 2.06 bits per heavy atom. The van der Waals surface area contributed by atoms with Gasteiger partial charge in [0, 0.05) is 13.5 Å². The fourth-order valence-corrected chi connectivity index (χ4v) is 1.63. The molecule has 0 bridgehead atoms. The van der Waals surface area contributed by atoms with Gasteiger partial charge in [-0.25, -0.2) is 0 Å². The fourth-order valence-electron chi connectivity index (χ4n) is 1.63. The highest BCUT2D eigenvalue weighted by Crippen LogP contribution is 2.11. The fraction of sp³-hybridized carbons (Fsp3) is 0.385. The molecule has 0 saturated heterocycles. The number of benzene rings is 1. The summed E-state index contributed by atoms with van der Waals surface area (Å²) in [5, 5.41) is 3.92. The molecule has 0 aliphatic carbocycles. The van der Waals surface area contributed by atoms with Crippen LogP contribution in [0.1, 0.15) is 28.9 Å². The van der Waals surface area contributed by atoms with Gasteiger partial charge in [-0.05, 0) is 12.5 Å². The minimum absolute atomic E-state index is 0.366. The summed E-state index contributed by atoms with van der Waals surface area (Å²) in [4.78, 5) is 4.26. The molecule has 1 unspecified atom stereocenters. The van der Waals surface area contributed by atoms with E-state index in [0.717, 1.165) is 5.56 Å². The van der Waals surface area contributed by atoms with Gasteiger partial charge in [0.15, 0.2) is 5.82 Å². The average molecular weight is 247 g/mol. The van der Waals surface area contributed by atoms with E-state index in [2.05, 4.69) is 41.3 Å². The topological polar surface area (TPSA) is 74.2 Å². The predicted molar refractivity (Wildman–Crippen MR) is 67.1 cm³/mol. The maximum absolute atomic E-state index is 5.81. The minimum atomic E-state index is -0.366. The Balaban J connectivity index is 2.04.